The normalized spacial score (nSPS) is 12.6. The molecule has 11 heavy (non-hydrogen) atoms. The number of ketones is 2. The summed E-state index contributed by atoms with van der Waals surface area (Å²) in [7, 11) is 0. The van der Waals surface area contributed by atoms with Crippen LogP contribution in [0.1, 0.15) is 26.7 Å². The highest BCUT2D eigenvalue weighted by Gasteiger charge is 2.11. The van der Waals surface area contributed by atoms with E-state index in [4.69, 9.17) is 5.84 Å². The zero-order chi connectivity index (χ0) is 8.85. The molecule has 4 heteroatoms. The lowest BCUT2D eigenvalue weighted by Crippen LogP contribution is -2.40. The highest BCUT2D eigenvalue weighted by atomic mass is 16.1. The first kappa shape index (κ1) is 10.3. The standard InChI is InChI=1S/C7H14N2O2/c1-5(10)3-4-7(9-8)6(2)11/h7,9H,3-4,8H2,1-2H3/t7-/m0/s1. The van der Waals surface area contributed by atoms with Gasteiger partial charge in [-0.15, -0.1) is 0 Å². The van der Waals surface area contributed by atoms with Crippen molar-refractivity contribution >= 4 is 11.6 Å². The summed E-state index contributed by atoms with van der Waals surface area (Å²) < 4.78 is 0. The number of carbonyl (C=O) groups excluding carboxylic acids is 2. The van der Waals surface area contributed by atoms with Gasteiger partial charge in [0, 0.05) is 6.42 Å². The topological polar surface area (TPSA) is 72.2 Å². The van der Waals surface area contributed by atoms with Crippen molar-refractivity contribution in [3.8, 4) is 0 Å². The molecule has 0 radical (unpaired) electrons. The van der Waals surface area contributed by atoms with E-state index in [0.717, 1.165) is 0 Å². The molecule has 0 aromatic carbocycles. The first-order valence-corrected chi connectivity index (χ1v) is 3.54. The second-order valence-corrected chi connectivity index (χ2v) is 2.57. The van der Waals surface area contributed by atoms with Crippen LogP contribution < -0.4 is 11.3 Å². The van der Waals surface area contributed by atoms with Gasteiger partial charge in [0.2, 0.25) is 0 Å². The maximum Gasteiger partial charge on any atom is 0.148 e. The molecule has 0 aliphatic carbocycles. The second-order valence-electron chi connectivity index (χ2n) is 2.57. The first-order valence-electron chi connectivity index (χ1n) is 3.54. The summed E-state index contributed by atoms with van der Waals surface area (Å²) in [6, 6.07) is -0.376. The third-order valence-corrected chi connectivity index (χ3v) is 1.48. The predicted octanol–water partition coefficient (Wildman–Crippen LogP) is -0.224. The molecule has 0 aliphatic rings. The van der Waals surface area contributed by atoms with Crippen LogP contribution in [0, 0.1) is 0 Å². The Labute approximate surface area is 66.1 Å². The molecule has 3 N–H and O–H groups in total. The Bertz CT molecular complexity index is 157. The van der Waals surface area contributed by atoms with E-state index < -0.39 is 0 Å². The number of hydrogen-bond acceptors (Lipinski definition) is 4. The van der Waals surface area contributed by atoms with Gasteiger partial charge >= 0.3 is 0 Å². The number of hydrogen-bond donors (Lipinski definition) is 2. The van der Waals surface area contributed by atoms with E-state index in [1.54, 1.807) is 0 Å². The Balaban J connectivity index is 3.70. The van der Waals surface area contributed by atoms with Crippen molar-refractivity contribution in [2.75, 3.05) is 0 Å². The molecule has 0 unspecified atom stereocenters. The number of hydrazine groups is 1. The van der Waals surface area contributed by atoms with E-state index in [0.29, 0.717) is 12.8 Å². The second kappa shape index (κ2) is 4.98. The van der Waals surface area contributed by atoms with Crippen molar-refractivity contribution in [3.05, 3.63) is 0 Å². The summed E-state index contributed by atoms with van der Waals surface area (Å²) in [4.78, 5) is 21.2. The Hall–Kier alpha value is -0.740. The number of rotatable bonds is 5. The number of nitrogens with two attached hydrogens (primary N) is 1. The molecule has 0 bridgehead atoms. The molecule has 0 fully saturated rings. The molecule has 0 rings (SSSR count). The van der Waals surface area contributed by atoms with Gasteiger partial charge in [0.15, 0.2) is 0 Å². The van der Waals surface area contributed by atoms with E-state index in [9.17, 15) is 9.59 Å². The third kappa shape index (κ3) is 4.64. The number of Topliss-reactive ketones (excluding diaryl/α,β-unsaturated/α-hetero) is 2. The van der Waals surface area contributed by atoms with Crippen molar-refractivity contribution < 1.29 is 9.59 Å². The number of carbonyl (C=O) groups is 2. The van der Waals surface area contributed by atoms with Crippen LogP contribution in [0.5, 0.6) is 0 Å². The maximum atomic E-state index is 10.7. The first-order chi connectivity index (χ1) is 5.07. The van der Waals surface area contributed by atoms with Crippen molar-refractivity contribution in [1.82, 2.24) is 5.43 Å². The molecular formula is C7H14N2O2. The highest BCUT2D eigenvalue weighted by Crippen LogP contribution is 1.97. The quantitative estimate of drug-likeness (QED) is 0.428. The van der Waals surface area contributed by atoms with Gasteiger partial charge in [0.05, 0.1) is 6.04 Å². The predicted molar refractivity (Wildman–Crippen MR) is 41.7 cm³/mol. The van der Waals surface area contributed by atoms with Crippen molar-refractivity contribution in [3.63, 3.8) is 0 Å². The number of nitrogens with one attached hydrogen (secondary N) is 1. The van der Waals surface area contributed by atoms with Crippen LogP contribution in [0.15, 0.2) is 0 Å². The fraction of sp³-hybridized carbons (Fsp3) is 0.714. The lowest BCUT2D eigenvalue weighted by molar-refractivity contribution is -0.119. The average Bonchev–Trinajstić information content (AvgIpc) is 1.87. The lowest BCUT2D eigenvalue weighted by atomic mass is 10.1. The van der Waals surface area contributed by atoms with Gasteiger partial charge in [0.1, 0.15) is 11.6 Å². The Kier molecular flexibility index (Phi) is 4.65. The SMILES string of the molecule is CC(=O)CC[C@H](NN)C(C)=O. The van der Waals surface area contributed by atoms with Crippen LogP contribution in [0.25, 0.3) is 0 Å². The van der Waals surface area contributed by atoms with Crippen LogP contribution in [0.3, 0.4) is 0 Å². The summed E-state index contributed by atoms with van der Waals surface area (Å²) in [6.45, 7) is 2.94. The maximum absolute atomic E-state index is 10.7. The van der Waals surface area contributed by atoms with Crippen molar-refractivity contribution in [1.29, 1.82) is 0 Å². The molecule has 64 valence electrons. The Morgan fingerprint density at radius 2 is 2.00 bits per heavy atom. The van der Waals surface area contributed by atoms with Gasteiger partial charge in [-0.3, -0.25) is 10.6 Å². The van der Waals surface area contributed by atoms with E-state index in [1.807, 2.05) is 0 Å². The van der Waals surface area contributed by atoms with Crippen molar-refractivity contribution in [2.24, 2.45) is 5.84 Å². The lowest BCUT2D eigenvalue weighted by Gasteiger charge is -2.09. The Morgan fingerprint density at radius 1 is 1.45 bits per heavy atom. The molecule has 4 nitrogen and oxygen atoms in total. The summed E-state index contributed by atoms with van der Waals surface area (Å²) in [6.07, 6.45) is 0.885. The highest BCUT2D eigenvalue weighted by molar-refractivity contribution is 5.82. The largest absolute Gasteiger partial charge is 0.300 e. The third-order valence-electron chi connectivity index (χ3n) is 1.48. The van der Waals surface area contributed by atoms with Crippen LogP contribution in [-0.4, -0.2) is 17.6 Å². The average molecular weight is 158 g/mol. The molecule has 0 heterocycles. The van der Waals surface area contributed by atoms with Gasteiger partial charge in [-0.25, -0.2) is 5.43 Å². The fourth-order valence-corrected chi connectivity index (χ4v) is 0.752. The minimum Gasteiger partial charge on any atom is -0.300 e. The van der Waals surface area contributed by atoms with Gasteiger partial charge in [-0.1, -0.05) is 0 Å². The van der Waals surface area contributed by atoms with Crippen LogP contribution in [-0.2, 0) is 9.59 Å². The smallest absolute Gasteiger partial charge is 0.148 e. The van der Waals surface area contributed by atoms with Crippen molar-refractivity contribution in [2.45, 2.75) is 32.7 Å². The molecule has 0 aromatic heterocycles. The van der Waals surface area contributed by atoms with Crippen LogP contribution in [0.4, 0.5) is 0 Å². The molecule has 0 amide bonds. The van der Waals surface area contributed by atoms with E-state index in [-0.39, 0.29) is 17.6 Å². The molecular weight excluding hydrogens is 144 g/mol. The summed E-state index contributed by atoms with van der Waals surface area (Å²) in [5, 5.41) is 0. The van der Waals surface area contributed by atoms with Crippen LogP contribution in [0.2, 0.25) is 0 Å². The van der Waals surface area contributed by atoms with Gasteiger partial charge in [-0.05, 0) is 20.3 Å². The molecule has 0 saturated carbocycles. The monoisotopic (exact) mass is 158 g/mol. The van der Waals surface area contributed by atoms with Gasteiger partial charge in [0.25, 0.3) is 0 Å². The molecule has 0 spiro atoms. The Morgan fingerprint density at radius 3 is 2.27 bits per heavy atom. The van der Waals surface area contributed by atoms with E-state index in [2.05, 4.69) is 5.43 Å². The summed E-state index contributed by atoms with van der Waals surface area (Å²) in [5.74, 6) is 5.12. The van der Waals surface area contributed by atoms with E-state index in [1.165, 1.54) is 13.8 Å². The zero-order valence-electron chi connectivity index (χ0n) is 6.89. The molecule has 0 aromatic rings. The fourth-order valence-electron chi connectivity index (χ4n) is 0.752. The molecule has 0 saturated heterocycles. The minimum atomic E-state index is -0.376. The van der Waals surface area contributed by atoms with Crippen LogP contribution >= 0.6 is 0 Å². The van der Waals surface area contributed by atoms with Gasteiger partial charge < -0.3 is 4.79 Å². The molecule has 0 aliphatic heterocycles. The zero-order valence-corrected chi connectivity index (χ0v) is 6.89. The minimum absolute atomic E-state index is 0.0336. The van der Waals surface area contributed by atoms with E-state index >= 15 is 0 Å². The summed E-state index contributed by atoms with van der Waals surface area (Å²) in [5.41, 5.74) is 2.36. The summed E-state index contributed by atoms with van der Waals surface area (Å²) >= 11 is 0. The van der Waals surface area contributed by atoms with Gasteiger partial charge in [-0.2, -0.15) is 0 Å². The molecule has 1 atom stereocenters.